The Hall–Kier alpha value is -2.59. The fraction of sp³-hybridized carbons (Fsp3) is 0.286. The molecule has 1 saturated carbocycles. The molecule has 2 aromatic rings. The number of aliphatic hydroxyl groups is 1. The first kappa shape index (κ1) is 17.2. The quantitative estimate of drug-likeness (QED) is 0.752. The number of nitrogens with zero attached hydrogens (tertiary/aromatic N) is 1. The molecular formula is C21H23NO3. The maximum atomic E-state index is 12.2. The van der Waals surface area contributed by atoms with Gasteiger partial charge in [0.1, 0.15) is 12.4 Å². The second kappa shape index (κ2) is 8.49. The van der Waals surface area contributed by atoms with E-state index < -0.39 is 0 Å². The van der Waals surface area contributed by atoms with Crippen molar-refractivity contribution in [2.75, 3.05) is 13.2 Å². The SMILES string of the molecule is O=C(/C=C/c1ccc(OCc2ccccc2)cc1)N(CCO)C1CC1. The molecule has 0 heterocycles. The molecule has 0 spiro atoms. The van der Waals surface area contributed by atoms with Gasteiger partial charge in [0.25, 0.3) is 0 Å². The Bertz CT molecular complexity index is 706. The van der Waals surface area contributed by atoms with Gasteiger partial charge in [-0.05, 0) is 42.2 Å². The third kappa shape index (κ3) is 5.19. The van der Waals surface area contributed by atoms with Crippen molar-refractivity contribution in [3.8, 4) is 5.75 Å². The molecule has 130 valence electrons. The standard InChI is InChI=1S/C21H23NO3/c23-15-14-22(19-9-10-19)21(24)13-8-17-6-11-20(12-7-17)25-16-18-4-2-1-3-5-18/h1-8,11-13,19,23H,9-10,14-16H2/b13-8+. The van der Waals surface area contributed by atoms with Crippen LogP contribution in [0.5, 0.6) is 5.75 Å². The van der Waals surface area contributed by atoms with Crippen molar-refractivity contribution in [3.63, 3.8) is 0 Å². The minimum Gasteiger partial charge on any atom is -0.489 e. The van der Waals surface area contributed by atoms with Crippen LogP contribution in [-0.2, 0) is 11.4 Å². The normalized spacial score (nSPS) is 13.8. The van der Waals surface area contributed by atoms with E-state index in [4.69, 9.17) is 9.84 Å². The first-order valence-corrected chi connectivity index (χ1v) is 8.62. The van der Waals surface area contributed by atoms with Gasteiger partial charge in [0.15, 0.2) is 0 Å². The summed E-state index contributed by atoms with van der Waals surface area (Å²) in [6.45, 7) is 0.940. The number of carbonyl (C=O) groups is 1. The Morgan fingerprint density at radius 1 is 1.12 bits per heavy atom. The van der Waals surface area contributed by atoms with Gasteiger partial charge in [-0.25, -0.2) is 0 Å². The van der Waals surface area contributed by atoms with Crippen LogP contribution in [0.2, 0.25) is 0 Å². The summed E-state index contributed by atoms with van der Waals surface area (Å²) in [6.07, 6.45) is 5.45. The van der Waals surface area contributed by atoms with Crippen LogP contribution in [0.3, 0.4) is 0 Å². The lowest BCUT2D eigenvalue weighted by molar-refractivity contribution is -0.127. The second-order valence-electron chi connectivity index (χ2n) is 6.16. The molecule has 4 nitrogen and oxygen atoms in total. The zero-order valence-corrected chi connectivity index (χ0v) is 14.2. The number of hydrogen-bond acceptors (Lipinski definition) is 3. The highest BCUT2D eigenvalue weighted by Gasteiger charge is 2.30. The van der Waals surface area contributed by atoms with Crippen LogP contribution in [0.1, 0.15) is 24.0 Å². The zero-order valence-electron chi connectivity index (χ0n) is 14.2. The molecule has 0 aromatic heterocycles. The van der Waals surface area contributed by atoms with Gasteiger partial charge in [-0.15, -0.1) is 0 Å². The number of amides is 1. The van der Waals surface area contributed by atoms with Gasteiger partial charge in [-0.1, -0.05) is 42.5 Å². The van der Waals surface area contributed by atoms with Gasteiger partial charge in [0, 0.05) is 18.7 Å². The van der Waals surface area contributed by atoms with E-state index in [-0.39, 0.29) is 12.5 Å². The average molecular weight is 337 g/mol. The molecule has 4 heteroatoms. The number of hydrogen-bond donors (Lipinski definition) is 1. The van der Waals surface area contributed by atoms with Crippen LogP contribution in [0, 0.1) is 0 Å². The number of rotatable bonds is 8. The van der Waals surface area contributed by atoms with Gasteiger partial charge < -0.3 is 14.7 Å². The lowest BCUT2D eigenvalue weighted by Gasteiger charge is -2.19. The van der Waals surface area contributed by atoms with Gasteiger partial charge >= 0.3 is 0 Å². The van der Waals surface area contributed by atoms with E-state index >= 15 is 0 Å². The monoisotopic (exact) mass is 337 g/mol. The number of benzene rings is 2. The molecule has 1 aliphatic rings. The van der Waals surface area contributed by atoms with Crippen LogP contribution < -0.4 is 4.74 Å². The molecule has 0 aliphatic heterocycles. The molecule has 1 N–H and O–H groups in total. The number of ether oxygens (including phenoxy) is 1. The molecule has 0 bridgehead atoms. The van der Waals surface area contributed by atoms with Gasteiger partial charge in [-0.3, -0.25) is 4.79 Å². The molecule has 25 heavy (non-hydrogen) atoms. The second-order valence-corrected chi connectivity index (χ2v) is 6.16. The fourth-order valence-electron chi connectivity index (χ4n) is 2.65. The first-order chi connectivity index (χ1) is 12.3. The summed E-state index contributed by atoms with van der Waals surface area (Å²) in [6, 6.07) is 18.0. The van der Waals surface area contributed by atoms with E-state index in [0.29, 0.717) is 19.2 Å². The van der Waals surface area contributed by atoms with E-state index in [1.807, 2.05) is 54.6 Å². The summed E-state index contributed by atoms with van der Waals surface area (Å²) in [5.41, 5.74) is 2.07. The predicted octanol–water partition coefficient (Wildman–Crippen LogP) is 3.26. The molecule has 2 aromatic carbocycles. The van der Waals surface area contributed by atoms with E-state index in [9.17, 15) is 4.79 Å². The van der Waals surface area contributed by atoms with Crippen LogP contribution in [-0.4, -0.2) is 35.1 Å². The Morgan fingerprint density at radius 3 is 2.48 bits per heavy atom. The summed E-state index contributed by atoms with van der Waals surface area (Å²) >= 11 is 0. The van der Waals surface area contributed by atoms with Gasteiger partial charge in [0.2, 0.25) is 5.91 Å². The third-order valence-electron chi connectivity index (χ3n) is 4.16. The molecule has 0 unspecified atom stereocenters. The maximum Gasteiger partial charge on any atom is 0.246 e. The Labute approximate surface area is 148 Å². The molecule has 1 fully saturated rings. The first-order valence-electron chi connectivity index (χ1n) is 8.62. The van der Waals surface area contributed by atoms with E-state index in [0.717, 1.165) is 29.7 Å². The number of aliphatic hydroxyl groups excluding tert-OH is 1. The smallest absolute Gasteiger partial charge is 0.246 e. The maximum absolute atomic E-state index is 12.2. The van der Waals surface area contributed by atoms with E-state index in [1.54, 1.807) is 17.1 Å². The van der Waals surface area contributed by atoms with E-state index in [1.165, 1.54) is 0 Å². The zero-order chi connectivity index (χ0) is 17.5. The largest absolute Gasteiger partial charge is 0.489 e. The van der Waals surface area contributed by atoms with Crippen LogP contribution in [0.15, 0.2) is 60.7 Å². The molecule has 0 atom stereocenters. The summed E-state index contributed by atoms with van der Waals surface area (Å²) in [4.78, 5) is 14.0. The van der Waals surface area contributed by atoms with Gasteiger partial charge in [0.05, 0.1) is 6.61 Å². The van der Waals surface area contributed by atoms with Crippen molar-refractivity contribution in [1.82, 2.24) is 4.90 Å². The highest BCUT2D eigenvalue weighted by atomic mass is 16.5. The Morgan fingerprint density at radius 2 is 1.84 bits per heavy atom. The molecule has 0 radical (unpaired) electrons. The summed E-state index contributed by atoms with van der Waals surface area (Å²) in [5, 5.41) is 9.08. The van der Waals surface area contributed by atoms with Crippen LogP contribution in [0.25, 0.3) is 6.08 Å². The van der Waals surface area contributed by atoms with E-state index in [2.05, 4.69) is 0 Å². The molecular weight excluding hydrogens is 314 g/mol. The summed E-state index contributed by atoms with van der Waals surface area (Å²) in [7, 11) is 0. The number of carbonyl (C=O) groups excluding carboxylic acids is 1. The van der Waals surface area contributed by atoms with Crippen molar-refractivity contribution < 1.29 is 14.6 Å². The minimum absolute atomic E-state index is 0.00350. The van der Waals surface area contributed by atoms with Crippen molar-refractivity contribution in [2.45, 2.75) is 25.5 Å². The lowest BCUT2D eigenvalue weighted by Crippen LogP contribution is -2.34. The highest BCUT2D eigenvalue weighted by Crippen LogP contribution is 2.26. The molecule has 1 aliphatic carbocycles. The average Bonchev–Trinajstić information content (AvgIpc) is 3.49. The molecule has 3 rings (SSSR count). The minimum atomic E-state index is -0.0408. The van der Waals surface area contributed by atoms with Crippen molar-refractivity contribution in [3.05, 3.63) is 71.8 Å². The van der Waals surface area contributed by atoms with Crippen LogP contribution >= 0.6 is 0 Å². The molecule has 1 amide bonds. The van der Waals surface area contributed by atoms with Crippen molar-refractivity contribution >= 4 is 12.0 Å². The fourth-order valence-corrected chi connectivity index (χ4v) is 2.65. The topological polar surface area (TPSA) is 49.8 Å². The molecule has 0 saturated heterocycles. The third-order valence-corrected chi connectivity index (χ3v) is 4.16. The Kier molecular flexibility index (Phi) is 5.86. The highest BCUT2D eigenvalue weighted by molar-refractivity contribution is 5.92. The van der Waals surface area contributed by atoms with Crippen LogP contribution in [0.4, 0.5) is 0 Å². The van der Waals surface area contributed by atoms with Gasteiger partial charge in [-0.2, -0.15) is 0 Å². The lowest BCUT2D eigenvalue weighted by atomic mass is 10.2. The predicted molar refractivity (Wildman–Crippen MR) is 98.1 cm³/mol. The Balaban J connectivity index is 1.54. The summed E-state index contributed by atoms with van der Waals surface area (Å²) < 4.78 is 5.76. The van der Waals surface area contributed by atoms with Crippen molar-refractivity contribution in [2.24, 2.45) is 0 Å². The summed E-state index contributed by atoms with van der Waals surface area (Å²) in [5.74, 6) is 0.758. The van der Waals surface area contributed by atoms with Crippen molar-refractivity contribution in [1.29, 1.82) is 0 Å².